The number of unbranched alkanes of at least 4 members (excludes halogenated alkanes) is 4. The molecular formula is C22H33N2+. The molecule has 1 aromatic rings. The third kappa shape index (κ3) is 6.14. The maximum atomic E-state index is 4.57. The van der Waals surface area contributed by atoms with Gasteiger partial charge in [-0.1, -0.05) is 92.7 Å². The Morgan fingerprint density at radius 2 is 1.54 bits per heavy atom. The van der Waals surface area contributed by atoms with Crippen molar-refractivity contribution in [2.45, 2.75) is 71.6 Å². The third-order valence-corrected chi connectivity index (χ3v) is 5.02. The van der Waals surface area contributed by atoms with Crippen LogP contribution in [0.2, 0.25) is 0 Å². The lowest BCUT2D eigenvalue weighted by Crippen LogP contribution is -2.22. The quantitative estimate of drug-likeness (QED) is 0.320. The Balaban J connectivity index is 2.06. The molecule has 1 heterocycles. The minimum absolute atomic E-state index is 0.502. The molecule has 0 aliphatic carbocycles. The van der Waals surface area contributed by atoms with E-state index in [1.54, 1.807) is 0 Å². The minimum Gasteiger partial charge on any atom is -0.0965 e. The predicted molar refractivity (Wildman–Crippen MR) is 106 cm³/mol. The highest BCUT2D eigenvalue weighted by atomic mass is 15.0. The van der Waals surface area contributed by atoms with Crippen LogP contribution in [-0.4, -0.2) is 12.4 Å². The summed E-state index contributed by atoms with van der Waals surface area (Å²) in [6.07, 6.45) is 16.3. The zero-order chi connectivity index (χ0) is 17.0. The van der Waals surface area contributed by atoms with Crippen LogP contribution in [0.15, 0.2) is 40.3 Å². The first-order valence-corrected chi connectivity index (χ1v) is 9.82. The fraction of sp³-hybridized carbons (Fsp3) is 0.591. The monoisotopic (exact) mass is 325 g/mol. The van der Waals surface area contributed by atoms with Gasteiger partial charge in [-0.3, -0.25) is 0 Å². The van der Waals surface area contributed by atoms with E-state index in [4.69, 9.17) is 0 Å². The lowest BCUT2D eigenvalue weighted by Gasteiger charge is -2.26. The summed E-state index contributed by atoms with van der Waals surface area (Å²) in [4.78, 5) is 9.13. The van der Waals surface area contributed by atoms with Crippen LogP contribution >= 0.6 is 0 Å². The van der Waals surface area contributed by atoms with Gasteiger partial charge in [0.15, 0.2) is 12.4 Å². The molecule has 2 unspecified atom stereocenters. The first-order chi connectivity index (χ1) is 11.8. The molecule has 2 nitrogen and oxygen atoms in total. The molecule has 0 N–H and O–H groups in total. The number of hydrogen-bond acceptors (Lipinski definition) is 2. The van der Waals surface area contributed by atoms with E-state index in [0.29, 0.717) is 11.8 Å². The Morgan fingerprint density at radius 1 is 0.833 bits per heavy atom. The highest BCUT2D eigenvalue weighted by Gasteiger charge is 2.35. The Labute approximate surface area is 148 Å². The smallest absolute Gasteiger partial charge is 0.0965 e. The van der Waals surface area contributed by atoms with Crippen molar-refractivity contribution >= 4 is 12.4 Å². The average molecular weight is 326 g/mol. The fourth-order valence-electron chi connectivity index (χ4n) is 3.64. The second-order valence-electron chi connectivity index (χ2n) is 6.96. The van der Waals surface area contributed by atoms with Crippen LogP contribution in [0.5, 0.6) is 0 Å². The fourth-order valence-corrected chi connectivity index (χ4v) is 3.64. The van der Waals surface area contributed by atoms with E-state index in [0.717, 1.165) is 12.6 Å². The summed E-state index contributed by atoms with van der Waals surface area (Å²) in [5.74, 6) is 1.15. The molecule has 1 aromatic carbocycles. The van der Waals surface area contributed by atoms with Crippen molar-refractivity contribution < 1.29 is 0 Å². The van der Waals surface area contributed by atoms with Gasteiger partial charge in [-0.2, -0.15) is 0 Å². The van der Waals surface area contributed by atoms with Crippen molar-refractivity contribution in [2.24, 2.45) is 21.8 Å². The van der Waals surface area contributed by atoms with E-state index in [1.807, 2.05) is 12.4 Å². The highest BCUT2D eigenvalue weighted by Crippen LogP contribution is 2.36. The predicted octanol–water partition coefficient (Wildman–Crippen LogP) is 6.27. The van der Waals surface area contributed by atoms with Gasteiger partial charge in [-0.05, 0) is 30.7 Å². The molecule has 0 bridgehead atoms. The summed E-state index contributed by atoms with van der Waals surface area (Å²) in [5, 5.41) is 0. The molecule has 0 amide bonds. The minimum atomic E-state index is 0.502. The maximum Gasteiger partial charge on any atom is 0.244 e. The molecular weight excluding hydrogens is 292 g/mol. The zero-order valence-corrected chi connectivity index (χ0v) is 15.5. The maximum absolute atomic E-state index is 4.57. The van der Waals surface area contributed by atoms with Gasteiger partial charge >= 0.3 is 0 Å². The van der Waals surface area contributed by atoms with E-state index in [2.05, 4.69) is 54.2 Å². The van der Waals surface area contributed by atoms with Crippen molar-refractivity contribution in [3.05, 3.63) is 42.1 Å². The third-order valence-electron chi connectivity index (χ3n) is 5.02. The Kier molecular flexibility index (Phi) is 8.65. The van der Waals surface area contributed by atoms with Crippen molar-refractivity contribution in [3.8, 4) is 0 Å². The summed E-state index contributed by atoms with van der Waals surface area (Å²) in [7, 11) is 0. The molecule has 24 heavy (non-hydrogen) atoms. The largest absolute Gasteiger partial charge is 0.244 e. The van der Waals surface area contributed by atoms with Crippen LogP contribution < -0.4 is 0 Å². The molecule has 0 radical (unpaired) electrons. The molecule has 0 spiro atoms. The molecule has 2 heteroatoms. The molecule has 0 fully saturated rings. The van der Waals surface area contributed by atoms with Crippen LogP contribution in [0.4, 0.5) is 0 Å². The summed E-state index contributed by atoms with van der Waals surface area (Å²) in [6, 6.07) is 10.9. The number of nitrogens with zero attached hydrogens (tertiary/aromatic N) is 2. The average Bonchev–Trinajstić information content (AvgIpc) is 3.14. The summed E-state index contributed by atoms with van der Waals surface area (Å²) >= 11 is 0. The van der Waals surface area contributed by atoms with E-state index >= 15 is 0 Å². The van der Waals surface area contributed by atoms with Gasteiger partial charge in [0.1, 0.15) is 0 Å². The zero-order valence-electron chi connectivity index (χ0n) is 15.5. The molecule has 1 aliphatic heterocycles. The second-order valence-corrected chi connectivity index (χ2v) is 6.96. The number of hydrogen-bond donors (Lipinski definition) is 0. The van der Waals surface area contributed by atoms with Crippen LogP contribution in [0.3, 0.4) is 0 Å². The molecule has 2 atom stereocenters. The second kappa shape index (κ2) is 11.1. The molecule has 0 saturated heterocycles. The lowest BCUT2D eigenvalue weighted by molar-refractivity contribution is 0.286. The van der Waals surface area contributed by atoms with Gasteiger partial charge < -0.3 is 0 Å². The van der Waals surface area contributed by atoms with Crippen molar-refractivity contribution in [1.29, 1.82) is 0 Å². The van der Waals surface area contributed by atoms with Gasteiger partial charge in [-0.25, -0.2) is 0 Å². The number of aliphatic imine (C=N–C) groups is 2. The van der Waals surface area contributed by atoms with Crippen molar-refractivity contribution in [1.82, 2.24) is 0 Å². The van der Waals surface area contributed by atoms with Crippen LogP contribution in [0.25, 0.3) is 0 Å². The van der Waals surface area contributed by atoms with Gasteiger partial charge in [0.25, 0.3) is 0 Å². The van der Waals surface area contributed by atoms with Crippen molar-refractivity contribution in [2.75, 3.05) is 0 Å². The molecule has 0 saturated carbocycles. The van der Waals surface area contributed by atoms with Crippen LogP contribution in [0, 0.1) is 18.0 Å². The SMILES string of the molecule is CCCCCCC(Cc1ccccc1)C(CCCC)[C+]1N=CC=N1. The molecule has 0 aromatic heterocycles. The first-order valence-electron chi connectivity index (χ1n) is 9.82. The standard InChI is InChI=1S/C22H33N2/c1-3-5-7-11-14-20(18-19-12-9-8-10-13-19)21(15-6-4-2)22-23-16-17-24-22/h8-10,12-13,16-17,20-21H,3-7,11,14-15,18H2,1-2H3/q+1. The summed E-state index contributed by atoms with van der Waals surface area (Å²) in [6.45, 7) is 4.56. The van der Waals surface area contributed by atoms with Crippen molar-refractivity contribution in [3.63, 3.8) is 0 Å². The number of benzene rings is 1. The van der Waals surface area contributed by atoms with E-state index in [9.17, 15) is 0 Å². The van der Waals surface area contributed by atoms with E-state index < -0.39 is 0 Å². The van der Waals surface area contributed by atoms with Crippen LogP contribution in [0.1, 0.15) is 70.8 Å². The Bertz CT molecular complexity index is 480. The molecule has 2 rings (SSSR count). The van der Waals surface area contributed by atoms with Crippen LogP contribution in [-0.2, 0) is 6.42 Å². The Hall–Kier alpha value is -1.57. The van der Waals surface area contributed by atoms with Gasteiger partial charge in [-0.15, -0.1) is 0 Å². The van der Waals surface area contributed by atoms with Gasteiger partial charge in [0.2, 0.25) is 6.17 Å². The lowest BCUT2D eigenvalue weighted by atomic mass is 9.78. The summed E-state index contributed by atoms with van der Waals surface area (Å²) in [5.41, 5.74) is 1.45. The normalized spacial score (nSPS) is 15.8. The topological polar surface area (TPSA) is 24.7 Å². The molecule has 130 valence electrons. The van der Waals surface area contributed by atoms with Gasteiger partial charge in [0, 0.05) is 0 Å². The summed E-state index contributed by atoms with van der Waals surface area (Å²) < 4.78 is 0. The highest BCUT2D eigenvalue weighted by molar-refractivity contribution is 6.18. The van der Waals surface area contributed by atoms with E-state index in [1.165, 1.54) is 56.9 Å². The number of rotatable bonds is 12. The first kappa shape index (κ1) is 18.8. The van der Waals surface area contributed by atoms with Gasteiger partial charge in [0.05, 0.1) is 5.92 Å². The van der Waals surface area contributed by atoms with E-state index in [-0.39, 0.29) is 0 Å². The molecule has 1 aliphatic rings. The Morgan fingerprint density at radius 3 is 2.21 bits per heavy atom.